The standard InChI is InChI=1S/C4H12O2Si.2C4H6.Cl2H2Si/c1-3-5-7-6-4-2;2*1-3-4-2;1-3-2/h3-4,7H2,1-2H3;2*3-4H,1-2H2;3H2. The summed E-state index contributed by atoms with van der Waals surface area (Å²) in [5.74, 6) is 0. The molecule has 18 heavy (non-hydrogen) atoms. The van der Waals surface area contributed by atoms with Gasteiger partial charge in [0, 0.05) is 13.2 Å². The van der Waals surface area contributed by atoms with Gasteiger partial charge in [-0.3, -0.25) is 0 Å². The van der Waals surface area contributed by atoms with Gasteiger partial charge in [0.1, 0.15) is 0 Å². The van der Waals surface area contributed by atoms with Crippen LogP contribution in [0.25, 0.3) is 0 Å². The van der Waals surface area contributed by atoms with E-state index in [4.69, 9.17) is 31.0 Å². The van der Waals surface area contributed by atoms with E-state index in [2.05, 4.69) is 26.3 Å². The molecule has 0 fully saturated rings. The van der Waals surface area contributed by atoms with Crippen LogP contribution in [0, 0.1) is 0 Å². The van der Waals surface area contributed by atoms with E-state index in [-0.39, 0.29) is 0 Å². The van der Waals surface area contributed by atoms with E-state index >= 15 is 0 Å². The molecule has 0 aliphatic rings. The van der Waals surface area contributed by atoms with Crippen molar-refractivity contribution in [3.05, 3.63) is 50.6 Å². The lowest BCUT2D eigenvalue weighted by molar-refractivity contribution is 0.240. The van der Waals surface area contributed by atoms with E-state index in [9.17, 15) is 0 Å². The first-order chi connectivity index (χ1) is 8.66. The first-order valence-corrected chi connectivity index (χ1v) is 10.8. The lowest BCUT2D eigenvalue weighted by Crippen LogP contribution is -2.02. The van der Waals surface area contributed by atoms with Crippen molar-refractivity contribution in [3.8, 4) is 0 Å². The van der Waals surface area contributed by atoms with E-state index in [0.29, 0.717) is 0 Å². The maximum absolute atomic E-state index is 4.99. The minimum atomic E-state index is -0.639. The Morgan fingerprint density at radius 2 is 1.06 bits per heavy atom. The van der Waals surface area contributed by atoms with E-state index in [0.717, 1.165) is 13.2 Å². The monoisotopic (exact) mass is 328 g/mol. The van der Waals surface area contributed by atoms with Crippen LogP contribution in [0.5, 0.6) is 0 Å². The Morgan fingerprint density at radius 1 is 0.833 bits per heavy atom. The van der Waals surface area contributed by atoms with Crippen molar-refractivity contribution < 1.29 is 8.85 Å². The van der Waals surface area contributed by atoms with Gasteiger partial charge >= 0.3 is 10.0 Å². The highest BCUT2D eigenvalue weighted by atomic mass is 35.7. The Kier molecular flexibility index (Phi) is 64.1. The first kappa shape index (κ1) is 26.5. The molecule has 0 atom stereocenters. The van der Waals surface area contributed by atoms with E-state index in [1.54, 1.807) is 24.3 Å². The minimum absolute atomic E-state index is 0.589. The van der Waals surface area contributed by atoms with Gasteiger partial charge in [-0.1, -0.05) is 50.6 Å². The highest BCUT2D eigenvalue weighted by Gasteiger charge is 1.79. The van der Waals surface area contributed by atoms with Crippen molar-refractivity contribution in [2.75, 3.05) is 13.2 Å². The molecule has 0 N–H and O–H groups in total. The molecule has 0 aliphatic carbocycles. The molecule has 0 aromatic carbocycles. The van der Waals surface area contributed by atoms with E-state index in [1.807, 2.05) is 13.8 Å². The zero-order valence-electron chi connectivity index (χ0n) is 11.5. The van der Waals surface area contributed by atoms with Gasteiger partial charge in [0.2, 0.25) is 8.14 Å². The first-order valence-electron chi connectivity index (χ1n) is 5.40. The lowest BCUT2D eigenvalue weighted by Gasteiger charge is -1.96. The molecule has 0 aromatic rings. The Morgan fingerprint density at radius 3 is 1.17 bits per heavy atom. The molecule has 0 heterocycles. The second-order valence-corrected chi connectivity index (χ2v) is 5.83. The predicted molar refractivity (Wildman–Crippen MR) is 92.8 cm³/mol. The molecule has 2 nitrogen and oxygen atoms in total. The van der Waals surface area contributed by atoms with Crippen LogP contribution in [0.1, 0.15) is 13.8 Å². The molecule has 0 spiro atoms. The van der Waals surface area contributed by atoms with Crippen LogP contribution in [-0.4, -0.2) is 31.4 Å². The molecule has 0 unspecified atom stereocenters. The van der Waals surface area contributed by atoms with Crippen molar-refractivity contribution in [2.24, 2.45) is 0 Å². The fraction of sp³-hybridized carbons (Fsp3) is 0.333. The molecule has 0 aromatic heterocycles. The second kappa shape index (κ2) is 43.6. The third-order valence-corrected chi connectivity index (χ3v) is 2.06. The average molecular weight is 329 g/mol. The maximum atomic E-state index is 4.99. The molecule has 108 valence electrons. The highest BCUT2D eigenvalue weighted by Crippen LogP contribution is 1.70. The van der Waals surface area contributed by atoms with Crippen LogP contribution in [0.4, 0.5) is 0 Å². The van der Waals surface area contributed by atoms with E-state index in [1.165, 1.54) is 0 Å². The van der Waals surface area contributed by atoms with E-state index < -0.39 is 18.1 Å². The summed E-state index contributed by atoms with van der Waals surface area (Å²) in [6.45, 7) is 19.0. The number of allylic oxidation sites excluding steroid dienone is 4. The lowest BCUT2D eigenvalue weighted by atomic mass is 10.6. The van der Waals surface area contributed by atoms with Crippen LogP contribution in [-0.2, 0) is 8.85 Å². The summed E-state index contributed by atoms with van der Waals surface area (Å²) < 4.78 is 9.98. The number of hydrogen-bond acceptors (Lipinski definition) is 2. The Hall–Kier alpha value is -0.106. The van der Waals surface area contributed by atoms with Gasteiger partial charge in [-0.2, -0.15) is 22.2 Å². The van der Waals surface area contributed by atoms with Crippen molar-refractivity contribution in [1.29, 1.82) is 0 Å². The second-order valence-electron chi connectivity index (χ2n) is 2.15. The van der Waals surface area contributed by atoms with Crippen LogP contribution in [0.3, 0.4) is 0 Å². The normalized spacial score (nSPS) is 6.89. The van der Waals surface area contributed by atoms with Gasteiger partial charge in [-0.25, -0.2) is 0 Å². The SMILES string of the molecule is C=CC=C.C=CC=C.CCO[SiH2]OCC.Cl[SiH2]Cl. The predicted octanol–water partition coefficient (Wildman–Crippen LogP) is 3.24. The molecule has 0 rings (SSSR count). The molecule has 0 radical (unpaired) electrons. The summed E-state index contributed by atoms with van der Waals surface area (Å²) in [5.41, 5.74) is 0. The summed E-state index contributed by atoms with van der Waals surface area (Å²) in [7, 11) is -1.23. The molecule has 0 aliphatic heterocycles. The highest BCUT2D eigenvalue weighted by molar-refractivity contribution is 7.22. The third-order valence-electron chi connectivity index (χ3n) is 0.908. The quantitative estimate of drug-likeness (QED) is 0.322. The Balaban J connectivity index is -0.0000000775. The van der Waals surface area contributed by atoms with Gasteiger partial charge in [0.15, 0.2) is 0 Å². The van der Waals surface area contributed by atoms with Crippen molar-refractivity contribution in [3.63, 3.8) is 0 Å². The van der Waals surface area contributed by atoms with Gasteiger partial charge in [0.05, 0.1) is 0 Å². The summed E-state index contributed by atoms with van der Waals surface area (Å²) in [6.07, 6.45) is 6.56. The zero-order valence-corrected chi connectivity index (χ0v) is 15.9. The fourth-order valence-electron chi connectivity index (χ4n) is 0.226. The topological polar surface area (TPSA) is 18.5 Å². The van der Waals surface area contributed by atoms with Gasteiger partial charge < -0.3 is 8.85 Å². The molecular formula is C12H26Cl2O2Si2. The maximum Gasteiger partial charge on any atom is 0.304 e. The van der Waals surface area contributed by atoms with Crippen LogP contribution in [0.15, 0.2) is 50.6 Å². The summed E-state index contributed by atoms with van der Waals surface area (Å²) in [5, 5.41) is 0. The molecule has 0 amide bonds. The summed E-state index contributed by atoms with van der Waals surface area (Å²) in [4.78, 5) is 0. The molecular weight excluding hydrogens is 303 g/mol. The van der Waals surface area contributed by atoms with Crippen LogP contribution >= 0.6 is 22.2 Å². The average Bonchev–Trinajstić information content (AvgIpc) is 2.41. The number of halogens is 2. The third kappa shape index (κ3) is 101. The Labute approximate surface area is 127 Å². The van der Waals surface area contributed by atoms with Crippen LogP contribution in [0.2, 0.25) is 0 Å². The molecule has 0 saturated carbocycles. The smallest absolute Gasteiger partial charge is 0.304 e. The molecule has 0 saturated heterocycles. The summed E-state index contributed by atoms with van der Waals surface area (Å²) >= 11 is 9.81. The minimum Gasteiger partial charge on any atom is -0.399 e. The zero-order chi connectivity index (χ0) is 15.1. The molecule has 6 heteroatoms. The molecule has 0 bridgehead atoms. The summed E-state index contributed by atoms with van der Waals surface area (Å²) in [6, 6.07) is 0. The number of rotatable bonds is 6. The van der Waals surface area contributed by atoms with Gasteiger partial charge in [0.25, 0.3) is 0 Å². The van der Waals surface area contributed by atoms with Gasteiger partial charge in [-0.05, 0) is 13.8 Å². The fourth-order valence-corrected chi connectivity index (χ4v) is 0.677. The van der Waals surface area contributed by atoms with Crippen molar-refractivity contribution in [1.82, 2.24) is 0 Å². The van der Waals surface area contributed by atoms with Crippen molar-refractivity contribution in [2.45, 2.75) is 13.8 Å². The van der Waals surface area contributed by atoms with Crippen LogP contribution < -0.4 is 0 Å². The van der Waals surface area contributed by atoms with Gasteiger partial charge in [-0.15, -0.1) is 0 Å². The Bertz CT molecular complexity index is 140. The largest absolute Gasteiger partial charge is 0.399 e. The van der Waals surface area contributed by atoms with Crippen molar-refractivity contribution >= 4 is 40.3 Å². The number of hydrogen-bond donors (Lipinski definition) is 0.